The third kappa shape index (κ3) is 4.86. The van der Waals surface area contributed by atoms with Crippen LogP contribution in [-0.2, 0) is 16.1 Å². The van der Waals surface area contributed by atoms with Crippen LogP contribution in [0.25, 0.3) is 5.76 Å². The summed E-state index contributed by atoms with van der Waals surface area (Å²) < 4.78 is 6.02. The Balaban J connectivity index is 1.62. The number of carbonyl (C=O) groups excluding carboxylic acids is 2. The number of hydrogen-bond donors (Lipinski definition) is 1. The molecule has 0 radical (unpaired) electrons. The molecule has 5 rings (SSSR count). The highest BCUT2D eigenvalue weighted by molar-refractivity contribution is 6.46. The van der Waals surface area contributed by atoms with Gasteiger partial charge in [0.25, 0.3) is 11.7 Å². The molecule has 4 aromatic rings. The predicted molar refractivity (Wildman–Crippen MR) is 141 cm³/mol. The minimum atomic E-state index is -0.817. The highest BCUT2D eigenvalue weighted by Crippen LogP contribution is 2.41. The number of carbonyl (C=O) groups is 2. The Hall–Kier alpha value is -4.71. The van der Waals surface area contributed by atoms with Crippen molar-refractivity contribution in [3.8, 4) is 11.5 Å². The smallest absolute Gasteiger partial charge is 0.296 e. The van der Waals surface area contributed by atoms with Gasteiger partial charge in [-0.15, -0.1) is 0 Å². The van der Waals surface area contributed by atoms with Crippen molar-refractivity contribution in [2.45, 2.75) is 26.4 Å². The second-order valence-electron chi connectivity index (χ2n) is 9.03. The van der Waals surface area contributed by atoms with E-state index in [0.29, 0.717) is 28.3 Å². The monoisotopic (exact) mass is 490 g/mol. The number of aliphatic hydroxyl groups excluding tert-OH is 1. The zero-order chi connectivity index (χ0) is 25.9. The fourth-order valence-corrected chi connectivity index (χ4v) is 4.47. The van der Waals surface area contributed by atoms with Gasteiger partial charge in [-0.25, -0.2) is 0 Å². The Morgan fingerprint density at radius 1 is 0.865 bits per heavy atom. The molecule has 0 saturated carbocycles. The number of Topliss-reactive ketones (excluding diaryl/α,β-unsaturated/α-hetero) is 1. The highest BCUT2D eigenvalue weighted by atomic mass is 16.5. The number of ketones is 1. The fourth-order valence-electron chi connectivity index (χ4n) is 4.47. The molecule has 37 heavy (non-hydrogen) atoms. The Morgan fingerprint density at radius 3 is 2.35 bits per heavy atom. The summed E-state index contributed by atoms with van der Waals surface area (Å²) in [6, 6.07) is 26.7. The molecule has 1 aliphatic heterocycles. The number of ether oxygens (including phenoxy) is 1. The number of rotatable bonds is 6. The van der Waals surface area contributed by atoms with Crippen LogP contribution in [0.15, 0.2) is 103 Å². The van der Waals surface area contributed by atoms with Crippen LogP contribution in [0.4, 0.5) is 0 Å². The number of likely N-dealkylation sites (tertiary alicyclic amines) is 1. The zero-order valence-electron chi connectivity index (χ0n) is 20.6. The van der Waals surface area contributed by atoms with Gasteiger partial charge in [0.2, 0.25) is 0 Å². The molecular formula is C31H26N2O4. The maximum atomic E-state index is 13.4. The number of amides is 1. The van der Waals surface area contributed by atoms with E-state index in [2.05, 4.69) is 4.98 Å². The van der Waals surface area contributed by atoms with Crippen LogP contribution in [0.3, 0.4) is 0 Å². The SMILES string of the molecule is Cc1ccc(/C(O)=C2/C(=O)C(=O)N(Cc3ccccn3)C2c2cccc(Oc3ccccc3)c2)cc1C. The Bertz CT molecular complexity index is 1500. The summed E-state index contributed by atoms with van der Waals surface area (Å²) in [6.45, 7) is 4.03. The molecule has 1 saturated heterocycles. The summed E-state index contributed by atoms with van der Waals surface area (Å²) in [5.74, 6) is -0.401. The maximum Gasteiger partial charge on any atom is 0.296 e. The van der Waals surface area contributed by atoms with E-state index < -0.39 is 17.7 Å². The first-order chi connectivity index (χ1) is 17.9. The van der Waals surface area contributed by atoms with Crippen molar-refractivity contribution in [2.24, 2.45) is 0 Å². The molecule has 2 heterocycles. The molecule has 1 aromatic heterocycles. The van der Waals surface area contributed by atoms with Crippen molar-refractivity contribution in [3.63, 3.8) is 0 Å². The van der Waals surface area contributed by atoms with Crippen molar-refractivity contribution in [3.05, 3.63) is 131 Å². The Morgan fingerprint density at radius 2 is 1.62 bits per heavy atom. The first kappa shape index (κ1) is 24.0. The van der Waals surface area contributed by atoms with E-state index in [4.69, 9.17) is 4.74 Å². The van der Waals surface area contributed by atoms with Gasteiger partial charge in [0.1, 0.15) is 17.3 Å². The van der Waals surface area contributed by atoms with E-state index in [0.717, 1.165) is 11.1 Å². The van der Waals surface area contributed by atoms with Crippen LogP contribution in [0.5, 0.6) is 11.5 Å². The Kier molecular flexibility index (Phi) is 6.56. The standard InChI is InChI=1S/C31H26N2O4/c1-20-14-15-23(17-21(20)2)29(34)27-28(33(31(36)30(27)35)19-24-10-6-7-16-32-24)22-9-8-13-26(18-22)37-25-11-4-3-5-12-25/h3-18,28,34H,19H2,1-2H3/b29-27-. The number of aliphatic hydroxyl groups is 1. The average Bonchev–Trinajstić information content (AvgIpc) is 3.16. The largest absolute Gasteiger partial charge is 0.507 e. The molecule has 1 N–H and O–H groups in total. The number of para-hydroxylation sites is 1. The lowest BCUT2D eigenvalue weighted by Gasteiger charge is -2.25. The summed E-state index contributed by atoms with van der Waals surface area (Å²) in [7, 11) is 0. The molecule has 184 valence electrons. The zero-order valence-corrected chi connectivity index (χ0v) is 20.6. The molecule has 6 heteroatoms. The van der Waals surface area contributed by atoms with Gasteiger partial charge in [0.15, 0.2) is 0 Å². The van der Waals surface area contributed by atoms with E-state index in [1.165, 1.54) is 4.90 Å². The maximum absolute atomic E-state index is 13.4. The third-order valence-electron chi connectivity index (χ3n) is 6.53. The molecule has 0 bridgehead atoms. The summed E-state index contributed by atoms with van der Waals surface area (Å²) in [5.41, 5.74) is 3.85. The Labute approximate surface area is 215 Å². The van der Waals surface area contributed by atoms with E-state index in [1.54, 1.807) is 30.5 Å². The number of aromatic nitrogens is 1. The summed E-state index contributed by atoms with van der Waals surface area (Å²) in [5, 5.41) is 11.4. The molecule has 1 amide bonds. The molecule has 1 fully saturated rings. The van der Waals surface area contributed by atoms with Gasteiger partial charge in [-0.1, -0.05) is 48.5 Å². The lowest BCUT2D eigenvalue weighted by Crippen LogP contribution is -2.29. The molecule has 1 unspecified atom stereocenters. The molecule has 6 nitrogen and oxygen atoms in total. The van der Waals surface area contributed by atoms with Crippen LogP contribution in [0, 0.1) is 13.8 Å². The van der Waals surface area contributed by atoms with Crippen LogP contribution in [0.1, 0.15) is 34.0 Å². The van der Waals surface area contributed by atoms with Crippen LogP contribution >= 0.6 is 0 Å². The van der Waals surface area contributed by atoms with Crippen molar-refractivity contribution < 1.29 is 19.4 Å². The van der Waals surface area contributed by atoms with Crippen molar-refractivity contribution in [1.29, 1.82) is 0 Å². The summed E-state index contributed by atoms with van der Waals surface area (Å²) in [4.78, 5) is 32.5. The summed E-state index contributed by atoms with van der Waals surface area (Å²) in [6.07, 6.45) is 1.64. The molecule has 1 aliphatic rings. The topological polar surface area (TPSA) is 79.7 Å². The molecule has 0 spiro atoms. The van der Waals surface area contributed by atoms with Gasteiger partial charge >= 0.3 is 0 Å². The molecular weight excluding hydrogens is 464 g/mol. The normalized spacial score (nSPS) is 16.7. The average molecular weight is 491 g/mol. The van der Waals surface area contributed by atoms with Crippen molar-refractivity contribution >= 4 is 17.4 Å². The van der Waals surface area contributed by atoms with E-state index in [1.807, 2.05) is 80.6 Å². The lowest BCUT2D eigenvalue weighted by atomic mass is 9.94. The van der Waals surface area contributed by atoms with Crippen molar-refractivity contribution in [1.82, 2.24) is 9.88 Å². The van der Waals surface area contributed by atoms with Gasteiger partial charge in [-0.05, 0) is 73.0 Å². The summed E-state index contributed by atoms with van der Waals surface area (Å²) >= 11 is 0. The van der Waals surface area contributed by atoms with Gasteiger partial charge < -0.3 is 14.7 Å². The minimum Gasteiger partial charge on any atom is -0.507 e. The van der Waals surface area contributed by atoms with Gasteiger partial charge in [-0.2, -0.15) is 0 Å². The molecule has 1 atom stereocenters. The van der Waals surface area contributed by atoms with Crippen LogP contribution in [0.2, 0.25) is 0 Å². The molecule has 0 aliphatic carbocycles. The van der Waals surface area contributed by atoms with E-state index >= 15 is 0 Å². The fraction of sp³-hybridized carbons (Fsp3) is 0.129. The first-order valence-electron chi connectivity index (χ1n) is 12.0. The quantitative estimate of drug-likeness (QED) is 0.200. The lowest BCUT2D eigenvalue weighted by molar-refractivity contribution is -0.140. The molecule has 3 aromatic carbocycles. The predicted octanol–water partition coefficient (Wildman–Crippen LogP) is 6.11. The first-order valence-corrected chi connectivity index (χ1v) is 12.0. The van der Waals surface area contributed by atoms with E-state index in [9.17, 15) is 14.7 Å². The second kappa shape index (κ2) is 10.1. The van der Waals surface area contributed by atoms with Gasteiger partial charge in [0.05, 0.1) is 23.9 Å². The highest BCUT2D eigenvalue weighted by Gasteiger charge is 2.46. The number of benzene rings is 3. The number of hydrogen-bond acceptors (Lipinski definition) is 5. The van der Waals surface area contributed by atoms with E-state index in [-0.39, 0.29) is 17.9 Å². The van der Waals surface area contributed by atoms with Gasteiger partial charge in [-0.3, -0.25) is 14.6 Å². The van der Waals surface area contributed by atoms with Crippen LogP contribution < -0.4 is 4.74 Å². The van der Waals surface area contributed by atoms with Gasteiger partial charge in [0, 0.05) is 11.8 Å². The van der Waals surface area contributed by atoms with Crippen LogP contribution in [-0.4, -0.2) is 26.7 Å². The number of nitrogens with zero attached hydrogens (tertiary/aromatic N) is 2. The third-order valence-corrected chi connectivity index (χ3v) is 6.53. The minimum absolute atomic E-state index is 0.0426. The van der Waals surface area contributed by atoms with Crippen molar-refractivity contribution in [2.75, 3.05) is 0 Å². The number of pyridine rings is 1. The number of aryl methyl sites for hydroxylation is 2. The second-order valence-corrected chi connectivity index (χ2v) is 9.03.